The first-order valence-electron chi connectivity index (χ1n) is 7.41. The van der Waals surface area contributed by atoms with Crippen LogP contribution in [0.5, 0.6) is 5.75 Å². The first-order chi connectivity index (χ1) is 11.3. The molecule has 1 amide bonds. The van der Waals surface area contributed by atoms with Crippen molar-refractivity contribution in [2.24, 2.45) is 5.92 Å². The predicted octanol–water partition coefficient (Wildman–Crippen LogP) is 1.15. The molecule has 0 spiro atoms. The van der Waals surface area contributed by atoms with Crippen LogP contribution in [-0.4, -0.2) is 52.7 Å². The minimum Gasteiger partial charge on any atom is -0.494 e. The quantitative estimate of drug-likeness (QED) is 0.834. The van der Waals surface area contributed by atoms with Gasteiger partial charge in [-0.3, -0.25) is 9.59 Å². The van der Waals surface area contributed by atoms with Crippen LogP contribution in [0.15, 0.2) is 18.2 Å². The Kier molecular flexibility index (Phi) is 5.38. The SMILES string of the molecule is COc1ccc(CC(=O)N2CC(C(=O)O)CCC2C(=O)O)cc1F. The average molecular weight is 339 g/mol. The minimum absolute atomic E-state index is 0.0403. The number of ether oxygens (including phenoxy) is 1. The zero-order valence-corrected chi connectivity index (χ0v) is 13.1. The number of rotatable bonds is 5. The molecule has 1 aliphatic rings. The molecular formula is C16H18FNO6. The van der Waals surface area contributed by atoms with Gasteiger partial charge >= 0.3 is 11.9 Å². The zero-order valence-electron chi connectivity index (χ0n) is 13.1. The van der Waals surface area contributed by atoms with Gasteiger partial charge in [-0.2, -0.15) is 0 Å². The van der Waals surface area contributed by atoms with Crippen molar-refractivity contribution < 1.29 is 33.7 Å². The average Bonchev–Trinajstić information content (AvgIpc) is 2.54. The Morgan fingerprint density at radius 1 is 1.25 bits per heavy atom. The highest BCUT2D eigenvalue weighted by atomic mass is 19.1. The molecule has 0 aromatic heterocycles. The smallest absolute Gasteiger partial charge is 0.326 e. The maximum absolute atomic E-state index is 13.7. The summed E-state index contributed by atoms with van der Waals surface area (Å²) in [5, 5.41) is 18.3. The van der Waals surface area contributed by atoms with E-state index in [2.05, 4.69) is 0 Å². The number of nitrogens with zero attached hydrogens (tertiary/aromatic N) is 1. The molecule has 130 valence electrons. The fourth-order valence-electron chi connectivity index (χ4n) is 2.80. The van der Waals surface area contributed by atoms with Crippen molar-refractivity contribution in [1.82, 2.24) is 4.90 Å². The molecule has 0 bridgehead atoms. The molecule has 24 heavy (non-hydrogen) atoms. The highest BCUT2D eigenvalue weighted by molar-refractivity contribution is 5.86. The lowest BCUT2D eigenvalue weighted by molar-refractivity contribution is -0.157. The van der Waals surface area contributed by atoms with E-state index in [-0.39, 0.29) is 31.6 Å². The van der Waals surface area contributed by atoms with E-state index < -0.39 is 35.6 Å². The summed E-state index contributed by atoms with van der Waals surface area (Å²) in [6.45, 7) is -0.163. The van der Waals surface area contributed by atoms with Gasteiger partial charge in [0.2, 0.25) is 5.91 Å². The van der Waals surface area contributed by atoms with E-state index in [9.17, 15) is 23.9 Å². The molecule has 0 radical (unpaired) electrons. The van der Waals surface area contributed by atoms with E-state index >= 15 is 0 Å². The molecule has 2 rings (SSSR count). The molecule has 1 fully saturated rings. The lowest BCUT2D eigenvalue weighted by Crippen LogP contribution is -2.52. The maximum atomic E-state index is 13.7. The maximum Gasteiger partial charge on any atom is 0.326 e. The Morgan fingerprint density at radius 3 is 2.50 bits per heavy atom. The Balaban J connectivity index is 2.16. The van der Waals surface area contributed by atoms with Crippen molar-refractivity contribution in [3.8, 4) is 5.75 Å². The molecule has 1 aliphatic heterocycles. The van der Waals surface area contributed by atoms with E-state index in [1.54, 1.807) is 0 Å². The molecule has 1 aromatic rings. The number of halogens is 1. The Labute approximate surface area is 137 Å². The summed E-state index contributed by atoms with van der Waals surface area (Å²) < 4.78 is 18.5. The van der Waals surface area contributed by atoms with Crippen LogP contribution in [0.4, 0.5) is 4.39 Å². The second-order valence-electron chi connectivity index (χ2n) is 5.66. The minimum atomic E-state index is -1.17. The molecular weight excluding hydrogens is 321 g/mol. The number of carboxylic acids is 2. The first kappa shape index (κ1) is 17.7. The third kappa shape index (κ3) is 3.81. The van der Waals surface area contributed by atoms with Crippen LogP contribution in [0.1, 0.15) is 18.4 Å². The predicted molar refractivity (Wildman–Crippen MR) is 80.2 cm³/mol. The van der Waals surface area contributed by atoms with Gasteiger partial charge in [0.05, 0.1) is 19.4 Å². The Hall–Kier alpha value is -2.64. The largest absolute Gasteiger partial charge is 0.494 e. The topological polar surface area (TPSA) is 104 Å². The number of piperidine rings is 1. The van der Waals surface area contributed by atoms with E-state index in [1.807, 2.05) is 0 Å². The number of aliphatic carboxylic acids is 2. The molecule has 8 heteroatoms. The number of carbonyl (C=O) groups excluding carboxylic acids is 1. The fraction of sp³-hybridized carbons (Fsp3) is 0.438. The number of methoxy groups -OCH3 is 1. The highest BCUT2D eigenvalue weighted by Crippen LogP contribution is 2.24. The van der Waals surface area contributed by atoms with Crippen LogP contribution in [0.2, 0.25) is 0 Å². The summed E-state index contributed by atoms with van der Waals surface area (Å²) in [4.78, 5) is 35.9. The zero-order chi connectivity index (χ0) is 17.9. The monoisotopic (exact) mass is 339 g/mol. The van der Waals surface area contributed by atoms with Gasteiger partial charge in [-0.05, 0) is 30.5 Å². The molecule has 0 aliphatic carbocycles. The van der Waals surface area contributed by atoms with Crippen LogP contribution in [-0.2, 0) is 20.8 Å². The van der Waals surface area contributed by atoms with Crippen LogP contribution >= 0.6 is 0 Å². The summed E-state index contributed by atoms with van der Waals surface area (Å²) >= 11 is 0. The molecule has 2 N–H and O–H groups in total. The van der Waals surface area contributed by atoms with Gasteiger partial charge in [0.25, 0.3) is 0 Å². The summed E-state index contributed by atoms with van der Waals surface area (Å²) in [5.74, 6) is -4.16. The van der Waals surface area contributed by atoms with Crippen LogP contribution in [0.25, 0.3) is 0 Å². The summed E-state index contributed by atoms with van der Waals surface area (Å²) in [6, 6.07) is 2.97. The molecule has 1 heterocycles. The van der Waals surface area contributed by atoms with Crippen molar-refractivity contribution in [1.29, 1.82) is 0 Å². The number of amides is 1. The second-order valence-corrected chi connectivity index (χ2v) is 5.66. The fourth-order valence-corrected chi connectivity index (χ4v) is 2.80. The Morgan fingerprint density at radius 2 is 1.96 bits per heavy atom. The van der Waals surface area contributed by atoms with Crippen molar-refractivity contribution >= 4 is 17.8 Å². The number of benzene rings is 1. The van der Waals surface area contributed by atoms with Gasteiger partial charge in [-0.15, -0.1) is 0 Å². The lowest BCUT2D eigenvalue weighted by Gasteiger charge is -2.36. The van der Waals surface area contributed by atoms with E-state index in [0.29, 0.717) is 5.56 Å². The van der Waals surface area contributed by atoms with Crippen LogP contribution in [0.3, 0.4) is 0 Å². The van der Waals surface area contributed by atoms with Gasteiger partial charge < -0.3 is 19.8 Å². The van der Waals surface area contributed by atoms with E-state index in [4.69, 9.17) is 9.84 Å². The third-order valence-electron chi connectivity index (χ3n) is 4.11. The number of hydrogen-bond acceptors (Lipinski definition) is 4. The third-order valence-corrected chi connectivity index (χ3v) is 4.11. The van der Waals surface area contributed by atoms with Crippen molar-refractivity contribution in [2.45, 2.75) is 25.3 Å². The lowest BCUT2D eigenvalue weighted by atomic mass is 9.92. The first-order valence-corrected chi connectivity index (χ1v) is 7.41. The van der Waals surface area contributed by atoms with Gasteiger partial charge in [0, 0.05) is 6.54 Å². The molecule has 7 nitrogen and oxygen atoms in total. The van der Waals surface area contributed by atoms with Crippen molar-refractivity contribution in [3.05, 3.63) is 29.6 Å². The summed E-state index contributed by atoms with van der Waals surface area (Å²) in [7, 11) is 1.32. The van der Waals surface area contributed by atoms with Crippen LogP contribution in [0, 0.1) is 11.7 Å². The second kappa shape index (κ2) is 7.29. The van der Waals surface area contributed by atoms with Gasteiger partial charge in [0.1, 0.15) is 6.04 Å². The molecule has 1 aromatic carbocycles. The van der Waals surface area contributed by atoms with E-state index in [1.165, 1.54) is 19.2 Å². The summed E-state index contributed by atoms with van der Waals surface area (Å²) in [5.41, 5.74) is 0.361. The number of carbonyl (C=O) groups is 3. The molecule has 2 atom stereocenters. The number of carboxylic acid groups (broad SMARTS) is 2. The van der Waals surface area contributed by atoms with Crippen LogP contribution < -0.4 is 4.74 Å². The molecule has 1 saturated heterocycles. The number of hydrogen-bond donors (Lipinski definition) is 2. The van der Waals surface area contributed by atoms with Gasteiger partial charge in [-0.25, -0.2) is 9.18 Å². The molecule has 2 unspecified atom stereocenters. The van der Waals surface area contributed by atoms with Crippen molar-refractivity contribution in [3.63, 3.8) is 0 Å². The van der Waals surface area contributed by atoms with Gasteiger partial charge in [0.15, 0.2) is 11.6 Å². The van der Waals surface area contributed by atoms with Crippen molar-refractivity contribution in [2.75, 3.05) is 13.7 Å². The van der Waals surface area contributed by atoms with E-state index in [0.717, 1.165) is 11.0 Å². The highest BCUT2D eigenvalue weighted by Gasteiger charge is 2.38. The standard InChI is InChI=1S/C16H18FNO6/c1-24-13-5-2-9(6-11(13)17)7-14(19)18-8-10(15(20)21)3-4-12(18)16(22)23/h2,5-6,10,12H,3-4,7-8H2,1H3,(H,20,21)(H,22,23). The number of likely N-dealkylation sites (tertiary alicyclic amines) is 1. The van der Waals surface area contributed by atoms with Gasteiger partial charge in [-0.1, -0.05) is 6.07 Å². The molecule has 0 saturated carbocycles. The summed E-state index contributed by atoms with van der Waals surface area (Å²) in [6.07, 6.45) is 0.0687. The Bertz CT molecular complexity index is 662. The normalized spacial score (nSPS) is 20.5.